The molecular formula is C21H41NO2. The highest BCUT2D eigenvalue weighted by atomic mass is 16.5. The number of likely N-dealkylation sites (tertiary alicyclic amines) is 1. The molecule has 3 nitrogen and oxygen atoms in total. The van der Waals surface area contributed by atoms with Crippen molar-refractivity contribution in [3.63, 3.8) is 0 Å². The van der Waals surface area contributed by atoms with Gasteiger partial charge in [0.15, 0.2) is 0 Å². The number of hydrogen-bond donors (Lipinski definition) is 0. The Balaban J connectivity index is 1.62. The quantitative estimate of drug-likeness (QED) is 0.697. The molecule has 0 bridgehead atoms. The molecule has 2 aliphatic rings. The minimum Gasteiger partial charge on any atom is -0.376 e. The van der Waals surface area contributed by atoms with Crippen LogP contribution in [0.25, 0.3) is 0 Å². The van der Waals surface area contributed by atoms with E-state index < -0.39 is 0 Å². The number of ether oxygens (including phenoxy) is 2. The predicted octanol–water partition coefficient (Wildman–Crippen LogP) is 4.74. The topological polar surface area (TPSA) is 21.7 Å². The van der Waals surface area contributed by atoms with Crippen LogP contribution in [0, 0.1) is 17.8 Å². The molecule has 0 N–H and O–H groups in total. The summed E-state index contributed by atoms with van der Waals surface area (Å²) < 4.78 is 12.0. The normalized spacial score (nSPS) is 32.6. The van der Waals surface area contributed by atoms with E-state index in [1.807, 2.05) is 0 Å². The van der Waals surface area contributed by atoms with Gasteiger partial charge in [-0.1, -0.05) is 6.92 Å². The molecule has 1 saturated heterocycles. The van der Waals surface area contributed by atoms with Crippen LogP contribution in [0.15, 0.2) is 0 Å². The van der Waals surface area contributed by atoms with E-state index in [0.717, 1.165) is 24.4 Å². The van der Waals surface area contributed by atoms with E-state index >= 15 is 0 Å². The second kappa shape index (κ2) is 8.05. The van der Waals surface area contributed by atoms with Crippen molar-refractivity contribution in [1.29, 1.82) is 0 Å². The maximum absolute atomic E-state index is 6.07. The Morgan fingerprint density at radius 1 is 1.00 bits per heavy atom. The van der Waals surface area contributed by atoms with Crippen molar-refractivity contribution in [1.82, 2.24) is 4.90 Å². The highest BCUT2D eigenvalue weighted by Crippen LogP contribution is 2.35. The summed E-state index contributed by atoms with van der Waals surface area (Å²) in [5, 5.41) is 0. The Morgan fingerprint density at radius 2 is 1.67 bits per heavy atom. The standard InChI is InChI=1S/C21H41NO2/c1-16-14-22(10-8-18(16)9-11-23-20(2,3)4)15-17-12-19(13-17)24-21(5,6)7/h16-19H,8-15H2,1-7H3/t16-,17-,18-,19-/m0/s1. The number of rotatable bonds is 6. The fourth-order valence-electron chi connectivity index (χ4n) is 4.18. The Hall–Kier alpha value is -0.120. The number of piperidine rings is 1. The summed E-state index contributed by atoms with van der Waals surface area (Å²) in [5.74, 6) is 2.48. The lowest BCUT2D eigenvalue weighted by Gasteiger charge is -2.44. The average Bonchev–Trinajstić information content (AvgIpc) is 2.36. The van der Waals surface area contributed by atoms with E-state index in [1.165, 1.54) is 45.3 Å². The summed E-state index contributed by atoms with van der Waals surface area (Å²) in [4.78, 5) is 2.70. The lowest BCUT2D eigenvalue weighted by Crippen LogP contribution is -2.46. The lowest BCUT2D eigenvalue weighted by atomic mass is 9.79. The van der Waals surface area contributed by atoms with Crippen molar-refractivity contribution in [3.05, 3.63) is 0 Å². The van der Waals surface area contributed by atoms with Crippen LogP contribution >= 0.6 is 0 Å². The molecule has 1 aliphatic heterocycles. The molecule has 1 heterocycles. The average molecular weight is 340 g/mol. The summed E-state index contributed by atoms with van der Waals surface area (Å²) >= 11 is 0. The van der Waals surface area contributed by atoms with Gasteiger partial charge in [-0.3, -0.25) is 0 Å². The summed E-state index contributed by atoms with van der Waals surface area (Å²) in [7, 11) is 0. The van der Waals surface area contributed by atoms with Crippen LogP contribution in [0.3, 0.4) is 0 Å². The SMILES string of the molecule is C[C@H]1CN(C[C@H]2C[C@H](OC(C)(C)C)C2)CC[C@H]1CCOC(C)(C)C. The van der Waals surface area contributed by atoms with Gasteiger partial charge in [0.25, 0.3) is 0 Å². The zero-order valence-corrected chi connectivity index (χ0v) is 17.2. The molecule has 24 heavy (non-hydrogen) atoms. The first kappa shape index (κ1) is 20.2. The zero-order chi connectivity index (χ0) is 18.0. The molecule has 2 atom stereocenters. The van der Waals surface area contributed by atoms with Crippen LogP contribution in [0.2, 0.25) is 0 Å². The van der Waals surface area contributed by atoms with E-state index in [4.69, 9.17) is 9.47 Å². The van der Waals surface area contributed by atoms with Gasteiger partial charge in [-0.15, -0.1) is 0 Å². The molecule has 2 rings (SSSR count). The molecule has 142 valence electrons. The maximum Gasteiger partial charge on any atom is 0.0602 e. The Bertz CT molecular complexity index is 376. The van der Waals surface area contributed by atoms with Crippen molar-refractivity contribution in [3.8, 4) is 0 Å². The molecule has 1 aliphatic carbocycles. The van der Waals surface area contributed by atoms with E-state index in [1.54, 1.807) is 0 Å². The summed E-state index contributed by atoms with van der Waals surface area (Å²) in [6, 6.07) is 0. The van der Waals surface area contributed by atoms with Crippen molar-refractivity contribution in [2.75, 3.05) is 26.2 Å². The van der Waals surface area contributed by atoms with Gasteiger partial charge in [-0.05, 0) is 91.5 Å². The largest absolute Gasteiger partial charge is 0.376 e. The summed E-state index contributed by atoms with van der Waals surface area (Å²) in [6.45, 7) is 20.1. The first-order valence-electron chi connectivity index (χ1n) is 10.1. The van der Waals surface area contributed by atoms with E-state index in [2.05, 4.69) is 53.4 Å². The molecule has 0 radical (unpaired) electrons. The third kappa shape index (κ3) is 7.01. The second-order valence-electron chi connectivity index (χ2n) is 10.2. The van der Waals surface area contributed by atoms with Crippen LogP contribution in [0.1, 0.15) is 74.1 Å². The number of nitrogens with zero attached hydrogens (tertiary/aromatic N) is 1. The molecule has 0 unspecified atom stereocenters. The molecule has 0 aromatic heterocycles. The monoisotopic (exact) mass is 339 g/mol. The Labute approximate surface area is 150 Å². The van der Waals surface area contributed by atoms with Crippen molar-refractivity contribution in [2.24, 2.45) is 17.8 Å². The third-order valence-electron chi connectivity index (χ3n) is 5.42. The van der Waals surface area contributed by atoms with E-state index in [9.17, 15) is 0 Å². The molecule has 1 saturated carbocycles. The minimum absolute atomic E-state index is 0.000169. The molecular weight excluding hydrogens is 298 g/mol. The summed E-state index contributed by atoms with van der Waals surface area (Å²) in [5.41, 5.74) is 0.0114. The Morgan fingerprint density at radius 3 is 2.21 bits per heavy atom. The first-order valence-corrected chi connectivity index (χ1v) is 10.1. The summed E-state index contributed by atoms with van der Waals surface area (Å²) in [6.07, 6.45) is 5.57. The van der Waals surface area contributed by atoms with Crippen LogP contribution in [-0.2, 0) is 9.47 Å². The van der Waals surface area contributed by atoms with Crippen molar-refractivity contribution >= 4 is 0 Å². The second-order valence-corrected chi connectivity index (χ2v) is 10.2. The smallest absolute Gasteiger partial charge is 0.0602 e. The molecule has 0 spiro atoms. The maximum atomic E-state index is 6.07. The molecule has 0 aromatic carbocycles. The van der Waals surface area contributed by atoms with Gasteiger partial charge in [0.05, 0.1) is 17.3 Å². The van der Waals surface area contributed by atoms with Crippen LogP contribution < -0.4 is 0 Å². The predicted molar refractivity (Wildman–Crippen MR) is 101 cm³/mol. The van der Waals surface area contributed by atoms with Crippen molar-refractivity contribution in [2.45, 2.75) is 91.5 Å². The molecule has 3 heteroatoms. The van der Waals surface area contributed by atoms with Crippen LogP contribution in [-0.4, -0.2) is 48.4 Å². The molecule has 0 aromatic rings. The third-order valence-corrected chi connectivity index (χ3v) is 5.42. The number of hydrogen-bond acceptors (Lipinski definition) is 3. The fourth-order valence-corrected chi connectivity index (χ4v) is 4.18. The highest BCUT2D eigenvalue weighted by Gasteiger charge is 2.35. The lowest BCUT2D eigenvalue weighted by molar-refractivity contribution is -0.116. The minimum atomic E-state index is -0.000169. The van der Waals surface area contributed by atoms with Gasteiger partial charge in [-0.25, -0.2) is 0 Å². The van der Waals surface area contributed by atoms with Gasteiger partial charge in [-0.2, -0.15) is 0 Å². The highest BCUT2D eigenvalue weighted by molar-refractivity contribution is 4.87. The van der Waals surface area contributed by atoms with E-state index in [0.29, 0.717) is 6.10 Å². The van der Waals surface area contributed by atoms with Gasteiger partial charge >= 0.3 is 0 Å². The zero-order valence-electron chi connectivity index (χ0n) is 17.2. The van der Waals surface area contributed by atoms with Gasteiger partial charge in [0, 0.05) is 19.7 Å². The van der Waals surface area contributed by atoms with E-state index in [-0.39, 0.29) is 11.2 Å². The molecule has 2 fully saturated rings. The molecule has 0 amide bonds. The van der Waals surface area contributed by atoms with Gasteiger partial charge in [0.2, 0.25) is 0 Å². The van der Waals surface area contributed by atoms with Crippen LogP contribution in [0.4, 0.5) is 0 Å². The first-order chi connectivity index (χ1) is 11.0. The van der Waals surface area contributed by atoms with Gasteiger partial charge < -0.3 is 14.4 Å². The van der Waals surface area contributed by atoms with Crippen LogP contribution in [0.5, 0.6) is 0 Å². The van der Waals surface area contributed by atoms with Crippen molar-refractivity contribution < 1.29 is 9.47 Å². The Kier molecular flexibility index (Phi) is 6.78. The fraction of sp³-hybridized carbons (Fsp3) is 1.00. The van der Waals surface area contributed by atoms with Gasteiger partial charge in [0.1, 0.15) is 0 Å².